The Morgan fingerprint density at radius 3 is 1.83 bits per heavy atom. The molecular formula is C126H118Ir3N11O3-3. The van der Waals surface area contributed by atoms with Crippen molar-refractivity contribution >= 4 is 60.9 Å². The monoisotopic (exact) mass is 2420 g/mol. The van der Waals surface area contributed by atoms with Gasteiger partial charge < -0.3 is 29.9 Å². The fourth-order valence-corrected chi connectivity index (χ4v) is 16.8. The molecule has 0 bridgehead atoms. The Hall–Kier alpha value is -14.9. The number of aliphatic hydroxyl groups is 1. The Bertz CT molecular complexity index is 7910. The van der Waals surface area contributed by atoms with Gasteiger partial charge in [0, 0.05) is 147 Å². The first-order valence-electron chi connectivity index (χ1n) is 49.6. The zero-order valence-corrected chi connectivity index (χ0v) is 85.7. The number of carbonyl (C=O) groups excluding carboxylic acids is 1. The summed E-state index contributed by atoms with van der Waals surface area (Å²) in [5, 5.41) is 27.0. The first-order chi connectivity index (χ1) is 70.3. The molecular weight excluding hydrogens is 2290 g/mol. The zero-order chi connectivity index (χ0) is 101. The van der Waals surface area contributed by atoms with Crippen LogP contribution in [-0.4, -0.2) is 41.4 Å². The SMILES string of the molecule is C.C.C.C=C1Oc2ccccc2[C-]=C1c1ccccn1.CC(=O)C=C(C)O.CC(C)N=Nc1c2c3c(cccc3c3ccccc13)CN2.CC(C)c1cccc(C(C)C)c1-n1cc[n+]2c1-c1ccccc1C2.[2H]c1c([2H])c([2H])c2c(c1[2H])C[n+]1c([2H])c([2H])c([2H])c([2H])c1-2.[Ir].[Ir].[Ir].[c-]1ccccc1-c1cc(-c2ccccc2)c2cc(-c3ccccc3)ccc2n1.[c-]1ccccc1-c1ccccn1.[c-]1ccccc1N1C=C2C=CC=CN2[CH-]1. The molecule has 0 amide bonds. The molecule has 3 radical (unpaired) electrons. The van der Waals surface area contributed by atoms with Crippen LogP contribution in [-0.2, 0) is 84.7 Å². The molecule has 0 aliphatic carbocycles. The van der Waals surface area contributed by atoms with E-state index in [9.17, 15) is 4.79 Å². The van der Waals surface area contributed by atoms with Gasteiger partial charge in [0.25, 0.3) is 5.82 Å². The zero-order valence-electron chi connectivity index (χ0n) is 86.5. The van der Waals surface area contributed by atoms with E-state index in [4.69, 9.17) is 25.8 Å². The molecule has 0 spiro atoms. The average Bonchev–Trinajstić information content (AvgIpc) is 1.58. The van der Waals surface area contributed by atoms with Gasteiger partial charge in [-0.2, -0.15) is 49.7 Å². The molecule has 6 aliphatic heterocycles. The largest absolute Gasteiger partial charge is 0.527 e. The number of carbonyl (C=O) groups is 1. The predicted octanol–water partition coefficient (Wildman–Crippen LogP) is 30.9. The number of azo groups is 1. The number of imidazole rings is 1. The molecule has 0 atom stereocenters. The van der Waals surface area contributed by atoms with Gasteiger partial charge in [0.15, 0.2) is 18.5 Å². The van der Waals surface area contributed by atoms with Crippen LogP contribution >= 0.6 is 0 Å². The van der Waals surface area contributed by atoms with E-state index in [2.05, 4.69) is 291 Å². The van der Waals surface area contributed by atoms with Gasteiger partial charge in [-0.1, -0.05) is 286 Å². The van der Waals surface area contributed by atoms with Crippen molar-refractivity contribution in [3.8, 4) is 78.9 Å². The van der Waals surface area contributed by atoms with E-state index in [1.165, 1.54) is 108 Å². The van der Waals surface area contributed by atoms with Gasteiger partial charge in [0.2, 0.25) is 5.69 Å². The smallest absolute Gasteiger partial charge is 0.294 e. The van der Waals surface area contributed by atoms with Crippen LogP contribution < -0.4 is 24.1 Å². The van der Waals surface area contributed by atoms with Crippen LogP contribution in [0.5, 0.6) is 5.75 Å². The van der Waals surface area contributed by atoms with Crippen LogP contribution in [0.1, 0.15) is 140 Å². The van der Waals surface area contributed by atoms with Crippen molar-refractivity contribution in [2.45, 2.75) is 115 Å². The normalized spacial score (nSPS) is 13.1. The molecule has 0 saturated carbocycles. The Labute approximate surface area is 895 Å². The summed E-state index contributed by atoms with van der Waals surface area (Å²) in [6, 6.07) is 111. The van der Waals surface area contributed by atoms with Crippen molar-refractivity contribution < 1.29 is 95.1 Å². The molecule has 143 heavy (non-hydrogen) atoms. The number of ketones is 1. The maximum atomic E-state index is 10.0. The van der Waals surface area contributed by atoms with Crippen molar-refractivity contribution in [3.05, 3.63) is 507 Å². The average molecular weight is 2420 g/mol. The summed E-state index contributed by atoms with van der Waals surface area (Å²) < 4.78 is 74.3. The van der Waals surface area contributed by atoms with Crippen molar-refractivity contribution in [2.24, 2.45) is 10.2 Å². The number of anilines is 2. The third-order valence-corrected chi connectivity index (χ3v) is 23.1. The molecule has 5 aromatic heterocycles. The number of nitrogens with zero attached hydrogens (tertiary/aromatic N) is 10. The van der Waals surface area contributed by atoms with Crippen molar-refractivity contribution in [1.82, 2.24) is 24.4 Å². The molecule has 11 heterocycles. The second kappa shape index (κ2) is 52.0. The van der Waals surface area contributed by atoms with E-state index in [0.717, 1.165) is 91.5 Å². The first kappa shape index (κ1) is 97.0. The number of rotatable bonds is 12. The minimum atomic E-state index is -0.411. The number of benzene rings is 13. The number of pyridine rings is 4. The van der Waals surface area contributed by atoms with E-state index in [0.29, 0.717) is 23.2 Å². The fraction of sp³-hybridized carbons (Fsp3) is 0.135. The fourth-order valence-electron chi connectivity index (χ4n) is 16.8. The van der Waals surface area contributed by atoms with Crippen LogP contribution in [0.15, 0.2) is 447 Å². The Morgan fingerprint density at radius 2 is 1.17 bits per heavy atom. The number of hydrogen-bond acceptors (Lipinski definition) is 11. The van der Waals surface area contributed by atoms with E-state index in [-0.39, 0.29) is 154 Å². The Morgan fingerprint density at radius 1 is 0.559 bits per heavy atom. The van der Waals surface area contributed by atoms with Gasteiger partial charge in [0.1, 0.15) is 31.7 Å². The summed E-state index contributed by atoms with van der Waals surface area (Å²) in [5.41, 5.74) is 25.5. The summed E-state index contributed by atoms with van der Waals surface area (Å²) in [4.78, 5) is 27.6. The Balaban J connectivity index is 0.000000166. The standard InChI is InChI=1S/C27H18N.C22H25N2.C18H17N3.C15H10NO.C13H10N2.C12H10N.C11H8N.C5H8O2.3CH4.3Ir/c1-4-10-20(11-5-1)23-16-17-26-25(18-23)24(21-12-6-2-7-13-21)19-27(28-26)22-14-8-3-9-15-22;1-15(2)18-10-7-11-19(16(3)4)21(18)24-13-12-23-14-17-8-5-6-9-20(17)22(23)24;1-11(2)20-21-17-15-8-4-3-7-13(15)14-9-5-6-12-10-19-18(17)16(12)14;1-11-13(14-7-4-5-9-16-14)10-12-6-2-3-8-15(12)17-11;1-2-6-12(7-3-1)15-10-13-8-4-5-9-14(13)11-15;1-2-6-11-10(5-1)9-13-8-4-3-7-12(11)13;1-2-6-10(7-3-1)11-8-4-5-9-12-11;1-4(6)3-5(2)7;;;;;;/h1-14,16-19H;5-13,15-16H,14H2,1-4H3;3-9,11,19H,10H2,1-2H3;2-9H,1H2;1-6,8-11H;1-8H,9H2;1-6,8-9H;3,6H,1-2H3;3*1H4;;;/q-1;+1;;-1;-2;+1;-1;;;;;;;/i;;;;;1D,2D,3D,4D,5D,6D,7D,8D;;;;;;;;. The quantitative estimate of drug-likeness (QED) is 0.0305. The molecule has 0 saturated heterocycles. The van der Waals surface area contributed by atoms with Gasteiger partial charge in [-0.25, -0.2) is 4.57 Å². The maximum Gasteiger partial charge on any atom is 0.294 e. The van der Waals surface area contributed by atoms with Gasteiger partial charge in [-0.05, 0) is 156 Å². The van der Waals surface area contributed by atoms with E-state index in [1.54, 1.807) is 12.4 Å². The minimum absolute atomic E-state index is 0. The number of allylic oxidation sites excluding steroid dienone is 6. The van der Waals surface area contributed by atoms with Gasteiger partial charge >= 0.3 is 0 Å². The molecule has 24 rings (SSSR count). The number of hydrogen-bond donors (Lipinski definition) is 2. The van der Waals surface area contributed by atoms with Gasteiger partial charge in [-0.15, -0.1) is 96.3 Å². The number of nitrogens with one attached hydrogen (secondary N) is 1. The van der Waals surface area contributed by atoms with Crippen molar-refractivity contribution in [3.63, 3.8) is 0 Å². The molecule has 17 heteroatoms. The van der Waals surface area contributed by atoms with E-state index in [1.807, 2.05) is 178 Å². The second-order valence-corrected chi connectivity index (χ2v) is 33.8. The van der Waals surface area contributed by atoms with Crippen LogP contribution in [0.3, 0.4) is 0 Å². The second-order valence-electron chi connectivity index (χ2n) is 33.8. The van der Waals surface area contributed by atoms with Crippen molar-refractivity contribution in [2.75, 3.05) is 10.2 Å². The van der Waals surface area contributed by atoms with Crippen LogP contribution in [0.2, 0.25) is 0 Å². The molecule has 0 fully saturated rings. The number of aliphatic hydroxyl groups excluding tert-OH is 1. The molecule has 0 unspecified atom stereocenters. The van der Waals surface area contributed by atoms with Crippen LogP contribution in [0.25, 0.3) is 111 Å². The molecule has 725 valence electrons. The molecule has 18 aromatic rings. The summed E-state index contributed by atoms with van der Waals surface area (Å²) >= 11 is 0. The van der Waals surface area contributed by atoms with E-state index < -0.39 is 12.1 Å². The number of aromatic nitrogens is 6. The number of fused-ring (bicyclic) bond motifs is 11. The summed E-state index contributed by atoms with van der Waals surface area (Å²) in [5.74, 6) is 3.62. The topological polar surface area (TPSA) is 141 Å². The van der Waals surface area contributed by atoms with Crippen molar-refractivity contribution in [1.29, 1.82) is 0 Å². The molecule has 2 N–H and O–H groups in total. The van der Waals surface area contributed by atoms with E-state index >= 15 is 0 Å². The van der Waals surface area contributed by atoms with Gasteiger partial charge in [-0.3, -0.25) is 14.8 Å². The molecule has 13 aromatic carbocycles. The Kier molecular flexibility index (Phi) is 35.3. The van der Waals surface area contributed by atoms with Gasteiger partial charge in [0.05, 0.1) is 55.2 Å². The number of para-hydroxylation sites is 3. The molecule has 6 aliphatic rings. The summed E-state index contributed by atoms with van der Waals surface area (Å²) in [6.45, 7) is 23.9. The van der Waals surface area contributed by atoms with Crippen LogP contribution in [0.4, 0.5) is 17.1 Å². The minimum Gasteiger partial charge on any atom is -0.527 e. The third kappa shape index (κ3) is 26.3. The van der Waals surface area contributed by atoms with Crippen LogP contribution in [0, 0.1) is 30.9 Å². The summed E-state index contributed by atoms with van der Waals surface area (Å²) in [6.07, 6.45) is 22.4. The number of ether oxygens (including phenoxy) is 1. The first-order valence-corrected chi connectivity index (χ1v) is 45.6. The predicted molar refractivity (Wildman–Crippen MR) is 577 cm³/mol. The third-order valence-electron chi connectivity index (χ3n) is 23.1. The molecule has 14 nitrogen and oxygen atoms in total. The maximum absolute atomic E-state index is 10.0. The summed E-state index contributed by atoms with van der Waals surface area (Å²) in [7, 11) is 0.